The second-order valence-electron chi connectivity index (χ2n) is 21.2. The summed E-state index contributed by atoms with van der Waals surface area (Å²) in [5.74, 6) is 0.639. The molecule has 4 aliphatic carbocycles. The molecule has 0 bridgehead atoms. The van der Waals surface area contributed by atoms with Crippen molar-refractivity contribution in [2.75, 3.05) is 13.2 Å². The van der Waals surface area contributed by atoms with E-state index in [9.17, 15) is 46.0 Å². The molecule has 0 aromatic rings. The quantitative estimate of drug-likeness (QED) is 0.157. The summed E-state index contributed by atoms with van der Waals surface area (Å²) in [5, 5.41) is 98.9. The van der Waals surface area contributed by atoms with E-state index in [1.165, 1.54) is 19.4 Å². The number of rotatable bonds is 7. The maximum absolute atomic E-state index is 13.0. The Balaban J connectivity index is 0.928. The minimum absolute atomic E-state index is 0.0526. The van der Waals surface area contributed by atoms with E-state index in [2.05, 4.69) is 33.8 Å². The third-order valence-corrected chi connectivity index (χ3v) is 17.8. The van der Waals surface area contributed by atoms with Crippen molar-refractivity contribution in [1.82, 2.24) is 0 Å². The van der Waals surface area contributed by atoms with Gasteiger partial charge in [-0.15, -0.1) is 0 Å². The number of fused-ring (bicyclic) bond motifs is 7. The normalized spacial score (nSPS) is 58.9. The molecule has 0 radical (unpaired) electrons. The highest BCUT2D eigenvalue weighted by Gasteiger charge is 2.74. The van der Waals surface area contributed by atoms with E-state index in [-0.39, 0.29) is 40.6 Å². The Morgan fingerprint density at radius 1 is 0.694 bits per heavy atom. The van der Waals surface area contributed by atoms with Gasteiger partial charge in [0.05, 0.1) is 43.2 Å². The molecule has 5 saturated heterocycles. The van der Waals surface area contributed by atoms with Crippen LogP contribution in [0.2, 0.25) is 0 Å². The minimum Gasteiger partial charge on any atom is -0.394 e. The molecule has 1 spiro atoms. The summed E-state index contributed by atoms with van der Waals surface area (Å²) in [4.78, 5) is 0. The molecule has 17 heteroatoms. The number of hydrogen-bond acceptors (Lipinski definition) is 17. The lowest BCUT2D eigenvalue weighted by molar-refractivity contribution is -0.388. The van der Waals surface area contributed by atoms with Gasteiger partial charge in [-0.05, 0) is 82.0 Å². The summed E-state index contributed by atoms with van der Waals surface area (Å²) in [6.07, 6.45) is -12.9. The summed E-state index contributed by atoms with van der Waals surface area (Å²) in [6, 6.07) is 0. The molecular weight excluding hydrogens is 812 g/mol. The van der Waals surface area contributed by atoms with Gasteiger partial charge in [0, 0.05) is 30.1 Å². The zero-order valence-corrected chi connectivity index (χ0v) is 36.8. The molecule has 0 aromatic carbocycles. The third-order valence-electron chi connectivity index (χ3n) is 17.8. The van der Waals surface area contributed by atoms with Crippen molar-refractivity contribution in [3.63, 3.8) is 0 Å². The Bertz CT molecular complexity index is 1640. The van der Waals surface area contributed by atoms with Gasteiger partial charge < -0.3 is 83.9 Å². The Kier molecular flexibility index (Phi) is 12.4. The predicted octanol–water partition coefficient (Wildman–Crippen LogP) is 0.357. The van der Waals surface area contributed by atoms with Gasteiger partial charge in [-0.1, -0.05) is 39.3 Å². The minimum atomic E-state index is -1.73. The molecule has 3 saturated carbocycles. The lowest BCUT2D eigenvalue weighted by atomic mass is 9.45. The zero-order chi connectivity index (χ0) is 44.4. The molecule has 0 unspecified atom stereocenters. The fourth-order valence-corrected chi connectivity index (χ4v) is 13.9. The van der Waals surface area contributed by atoms with Gasteiger partial charge in [-0.3, -0.25) is 0 Å². The van der Waals surface area contributed by atoms with Crippen molar-refractivity contribution >= 4 is 0 Å². The van der Waals surface area contributed by atoms with Crippen LogP contribution in [0.5, 0.6) is 0 Å². The van der Waals surface area contributed by atoms with Gasteiger partial charge >= 0.3 is 0 Å². The van der Waals surface area contributed by atoms with Gasteiger partial charge in [0.25, 0.3) is 0 Å². The van der Waals surface area contributed by atoms with E-state index in [4.69, 9.17) is 37.9 Å². The monoisotopic (exact) mass is 884 g/mol. The van der Waals surface area contributed by atoms with Gasteiger partial charge in [0.1, 0.15) is 61.0 Å². The van der Waals surface area contributed by atoms with E-state index in [0.29, 0.717) is 31.8 Å². The van der Waals surface area contributed by atoms with Crippen molar-refractivity contribution < 1.29 is 83.9 Å². The molecule has 0 amide bonds. The van der Waals surface area contributed by atoms with Crippen molar-refractivity contribution in [1.29, 1.82) is 0 Å². The van der Waals surface area contributed by atoms with Crippen molar-refractivity contribution in [3.05, 3.63) is 11.6 Å². The summed E-state index contributed by atoms with van der Waals surface area (Å²) in [6.45, 7) is 12.1. The summed E-state index contributed by atoms with van der Waals surface area (Å²) in [5.41, 5.74) is -0.167. The van der Waals surface area contributed by atoms with Crippen LogP contribution >= 0.6 is 0 Å². The Morgan fingerprint density at radius 2 is 1.34 bits per heavy atom. The molecule has 354 valence electrons. The molecule has 62 heavy (non-hydrogen) atoms. The van der Waals surface area contributed by atoms with E-state index >= 15 is 0 Å². The third kappa shape index (κ3) is 7.13. The van der Waals surface area contributed by atoms with Crippen LogP contribution in [-0.2, 0) is 37.9 Å². The predicted molar refractivity (Wildman–Crippen MR) is 214 cm³/mol. The van der Waals surface area contributed by atoms with Crippen LogP contribution in [0, 0.1) is 40.4 Å². The molecule has 9 aliphatic rings. The Hall–Kier alpha value is -0.940. The first-order chi connectivity index (χ1) is 29.3. The number of aliphatic hydroxyl groups excluding tert-OH is 8. The molecule has 0 aromatic heterocycles. The molecule has 9 N–H and O–H groups in total. The number of ether oxygens (including phenoxy) is 8. The van der Waals surface area contributed by atoms with Gasteiger partial charge in [0.2, 0.25) is 0 Å². The molecule has 5 aliphatic heterocycles. The van der Waals surface area contributed by atoms with Crippen LogP contribution in [0.15, 0.2) is 11.6 Å². The van der Waals surface area contributed by atoms with E-state index < -0.39 is 116 Å². The fraction of sp³-hybridized carbons (Fsp3) is 0.956. The first-order valence-electron chi connectivity index (χ1n) is 23.3. The molecule has 5 heterocycles. The SMILES string of the molecule is C[C@@H]1CC[C@@]2(OC1)O[C@H]1C[C@@]3(O)[C@@H]4CC=C5C[C@@H](O[C@@H]6O[C@H](CO)[C@@H](O[C@@H]7O[C@@H](C)[C@H](O)[C@@H](O)[C@H]7O)[C@H](O)[C@H]6O[C@@H]6O[C@@H](C)[C@H](O)[C@@H](O)[C@H]6O)CC[C@]5(C)[C@H]4CC[C@]3(C)[C@H]1[C@@H]2C. The molecular formula is C45H72O17. The average molecular weight is 885 g/mol. The number of hydrogen-bond donors (Lipinski definition) is 9. The van der Waals surface area contributed by atoms with Gasteiger partial charge in [0.15, 0.2) is 24.7 Å². The van der Waals surface area contributed by atoms with Crippen LogP contribution in [0.3, 0.4) is 0 Å². The summed E-state index contributed by atoms with van der Waals surface area (Å²) in [7, 11) is 0. The lowest BCUT2D eigenvalue weighted by Gasteiger charge is -2.62. The summed E-state index contributed by atoms with van der Waals surface area (Å²) < 4.78 is 49.9. The van der Waals surface area contributed by atoms with E-state index in [1.54, 1.807) is 0 Å². The Labute approximate surface area is 363 Å². The first-order valence-corrected chi connectivity index (χ1v) is 23.3. The summed E-state index contributed by atoms with van der Waals surface area (Å²) >= 11 is 0. The smallest absolute Gasteiger partial charge is 0.187 e. The van der Waals surface area contributed by atoms with Gasteiger partial charge in [-0.2, -0.15) is 0 Å². The van der Waals surface area contributed by atoms with Crippen molar-refractivity contribution in [2.24, 2.45) is 40.4 Å². The van der Waals surface area contributed by atoms with E-state index in [1.807, 2.05) is 0 Å². The fourth-order valence-electron chi connectivity index (χ4n) is 13.9. The van der Waals surface area contributed by atoms with E-state index in [0.717, 1.165) is 38.5 Å². The highest BCUT2D eigenvalue weighted by Crippen LogP contribution is 2.72. The van der Waals surface area contributed by atoms with Crippen LogP contribution in [0.1, 0.15) is 99.3 Å². The largest absolute Gasteiger partial charge is 0.394 e. The second kappa shape index (κ2) is 16.7. The number of allylic oxidation sites excluding steroid dienone is 1. The zero-order valence-electron chi connectivity index (χ0n) is 36.8. The molecule has 26 atom stereocenters. The molecule has 9 rings (SSSR count). The maximum Gasteiger partial charge on any atom is 0.187 e. The van der Waals surface area contributed by atoms with Crippen LogP contribution in [-0.4, -0.2) is 175 Å². The van der Waals surface area contributed by atoms with Crippen molar-refractivity contribution in [3.8, 4) is 0 Å². The van der Waals surface area contributed by atoms with Gasteiger partial charge in [-0.25, -0.2) is 0 Å². The average Bonchev–Trinajstić information content (AvgIpc) is 3.64. The second-order valence-corrected chi connectivity index (χ2v) is 21.2. The van der Waals surface area contributed by atoms with Crippen LogP contribution in [0.4, 0.5) is 0 Å². The van der Waals surface area contributed by atoms with Crippen LogP contribution < -0.4 is 0 Å². The highest BCUT2D eigenvalue weighted by molar-refractivity contribution is 5.29. The standard InChI is InChI=1S/C45H72O17/c1-19-9-14-45(55-18-19)20(2)29-27(62-45)16-44(54)26-8-7-23-15-24(10-12-42(23,5)25(26)11-13-43(29,44)6)58-41-38(61-40-35(52)33(50)31(48)22(4)57-40)36(53)37(28(17-46)59-41)60-39-34(51)32(49)30(47)21(3)56-39/h7,19-22,24-41,46-54H,8-18H2,1-6H3/t19-,20+,21+,22+,24+,25+,26-,27+,28-,29+,30+,31+,32-,33-,34-,35-,36+,37-,38-,39+,40+,41-,42+,43-,44-,45-/m1/s1. The topological polar surface area (TPSA) is 256 Å². The number of aliphatic hydroxyl groups is 9. The lowest BCUT2D eigenvalue weighted by Crippen LogP contribution is -2.66. The first kappa shape index (κ1) is 46.2. The molecule has 8 fully saturated rings. The molecule has 17 nitrogen and oxygen atoms in total. The Morgan fingerprint density at radius 3 is 1.95 bits per heavy atom. The maximum atomic E-state index is 13.0. The van der Waals surface area contributed by atoms with Crippen LogP contribution in [0.25, 0.3) is 0 Å². The van der Waals surface area contributed by atoms with Crippen molar-refractivity contribution in [2.45, 2.75) is 215 Å². The highest BCUT2D eigenvalue weighted by atomic mass is 16.8.